The van der Waals surface area contributed by atoms with E-state index in [9.17, 15) is 0 Å². The smallest absolute Gasteiger partial charge is 0.230 e. The molecular formula is C19H28N8O. The first kappa shape index (κ1) is 18.8. The van der Waals surface area contributed by atoms with E-state index in [-0.39, 0.29) is 0 Å². The fraction of sp³-hybridized carbons (Fsp3) is 0.632. The third-order valence-electron chi connectivity index (χ3n) is 5.13. The third-order valence-corrected chi connectivity index (χ3v) is 5.13. The van der Waals surface area contributed by atoms with Crippen LogP contribution < -0.4 is 14.7 Å². The lowest BCUT2D eigenvalue weighted by Gasteiger charge is -2.28. The molecule has 2 fully saturated rings. The quantitative estimate of drug-likeness (QED) is 0.780. The van der Waals surface area contributed by atoms with Crippen molar-refractivity contribution in [2.45, 2.75) is 25.7 Å². The molecule has 150 valence electrons. The molecule has 0 atom stereocenters. The maximum Gasteiger partial charge on any atom is 0.230 e. The Labute approximate surface area is 165 Å². The average molecular weight is 384 g/mol. The normalized spacial score (nSPS) is 18.1. The molecule has 2 saturated heterocycles. The van der Waals surface area contributed by atoms with Crippen LogP contribution in [0.4, 0.5) is 17.7 Å². The largest absolute Gasteiger partial charge is 0.378 e. The van der Waals surface area contributed by atoms with Crippen molar-refractivity contribution < 1.29 is 4.74 Å². The molecule has 9 nitrogen and oxygen atoms in total. The van der Waals surface area contributed by atoms with E-state index in [0.717, 1.165) is 37.9 Å². The van der Waals surface area contributed by atoms with Gasteiger partial charge in [0.1, 0.15) is 5.69 Å². The highest BCUT2D eigenvalue weighted by Crippen LogP contribution is 2.23. The molecular weight excluding hydrogens is 356 g/mol. The maximum absolute atomic E-state index is 5.48. The van der Waals surface area contributed by atoms with E-state index in [1.165, 1.54) is 25.7 Å². The van der Waals surface area contributed by atoms with Gasteiger partial charge in [0.2, 0.25) is 11.9 Å². The standard InChI is InChI=1S/C19H28N8O/c1-25(2)16-8-7-15(23-24-16)17-20-18(26-9-5-3-4-6-10-26)22-19(21-17)27-11-13-28-14-12-27/h7-8H,3-6,9-14H2,1-2H3. The molecule has 2 aliphatic heterocycles. The highest BCUT2D eigenvalue weighted by molar-refractivity contribution is 5.55. The van der Waals surface area contributed by atoms with Gasteiger partial charge in [-0.1, -0.05) is 12.8 Å². The summed E-state index contributed by atoms with van der Waals surface area (Å²) in [6, 6.07) is 3.86. The van der Waals surface area contributed by atoms with E-state index in [1.54, 1.807) is 0 Å². The zero-order valence-corrected chi connectivity index (χ0v) is 16.7. The van der Waals surface area contributed by atoms with Crippen LogP contribution in [-0.2, 0) is 4.74 Å². The Morgan fingerprint density at radius 2 is 1.43 bits per heavy atom. The van der Waals surface area contributed by atoms with Crippen LogP contribution in [0.1, 0.15) is 25.7 Å². The summed E-state index contributed by atoms with van der Waals surface area (Å²) in [6.07, 6.45) is 4.88. The first-order valence-corrected chi connectivity index (χ1v) is 10.1. The van der Waals surface area contributed by atoms with Gasteiger partial charge in [-0.25, -0.2) is 0 Å². The van der Waals surface area contributed by atoms with Crippen LogP contribution in [0.2, 0.25) is 0 Å². The summed E-state index contributed by atoms with van der Waals surface area (Å²) in [5.74, 6) is 2.82. The molecule has 28 heavy (non-hydrogen) atoms. The second kappa shape index (κ2) is 8.64. The zero-order chi connectivity index (χ0) is 19.3. The number of anilines is 3. The molecule has 0 spiro atoms. The summed E-state index contributed by atoms with van der Waals surface area (Å²) in [4.78, 5) is 20.7. The monoisotopic (exact) mass is 384 g/mol. The van der Waals surface area contributed by atoms with Crippen molar-refractivity contribution >= 4 is 17.7 Å². The Morgan fingerprint density at radius 3 is 2.00 bits per heavy atom. The van der Waals surface area contributed by atoms with Crippen molar-refractivity contribution in [2.75, 3.05) is 68.2 Å². The van der Waals surface area contributed by atoms with Gasteiger partial charge in [0.15, 0.2) is 11.6 Å². The van der Waals surface area contributed by atoms with E-state index >= 15 is 0 Å². The third kappa shape index (κ3) is 4.30. The topological polar surface area (TPSA) is 83.4 Å². The molecule has 0 N–H and O–H groups in total. The minimum Gasteiger partial charge on any atom is -0.378 e. The number of aromatic nitrogens is 5. The lowest BCUT2D eigenvalue weighted by atomic mass is 10.2. The summed E-state index contributed by atoms with van der Waals surface area (Å²) in [5, 5.41) is 8.64. The predicted molar refractivity (Wildman–Crippen MR) is 109 cm³/mol. The van der Waals surface area contributed by atoms with Crippen LogP contribution in [0.3, 0.4) is 0 Å². The molecule has 0 aliphatic carbocycles. The Balaban J connectivity index is 1.70. The molecule has 4 heterocycles. The highest BCUT2D eigenvalue weighted by atomic mass is 16.5. The minimum atomic E-state index is 0.577. The molecule has 0 aromatic carbocycles. The summed E-state index contributed by atoms with van der Waals surface area (Å²) >= 11 is 0. The maximum atomic E-state index is 5.48. The molecule has 9 heteroatoms. The summed E-state index contributed by atoms with van der Waals surface area (Å²) in [5.41, 5.74) is 0.665. The zero-order valence-electron chi connectivity index (χ0n) is 16.7. The van der Waals surface area contributed by atoms with Gasteiger partial charge in [0.25, 0.3) is 0 Å². The number of nitrogens with zero attached hydrogens (tertiary/aromatic N) is 8. The second-order valence-corrected chi connectivity index (χ2v) is 7.43. The molecule has 0 radical (unpaired) electrons. The SMILES string of the molecule is CN(C)c1ccc(-c2nc(N3CCCCCC3)nc(N3CCOCC3)n2)nn1. The van der Waals surface area contributed by atoms with Crippen LogP contribution in [0.15, 0.2) is 12.1 Å². The van der Waals surface area contributed by atoms with Crippen LogP contribution >= 0.6 is 0 Å². The number of hydrogen-bond donors (Lipinski definition) is 0. The Kier molecular flexibility index (Phi) is 5.80. The molecule has 2 aromatic heterocycles. The van der Waals surface area contributed by atoms with E-state index in [2.05, 4.69) is 20.0 Å². The predicted octanol–water partition coefficient (Wildman–Crippen LogP) is 1.61. The van der Waals surface area contributed by atoms with Crippen molar-refractivity contribution in [3.05, 3.63) is 12.1 Å². The summed E-state index contributed by atoms with van der Waals surface area (Å²) in [6.45, 7) is 4.92. The van der Waals surface area contributed by atoms with Gasteiger partial charge in [0.05, 0.1) is 13.2 Å². The lowest BCUT2D eigenvalue weighted by Crippen LogP contribution is -2.38. The van der Waals surface area contributed by atoms with Crippen molar-refractivity contribution in [3.8, 4) is 11.5 Å². The van der Waals surface area contributed by atoms with Crippen LogP contribution in [0.25, 0.3) is 11.5 Å². The van der Waals surface area contributed by atoms with Gasteiger partial charge in [-0.05, 0) is 25.0 Å². The number of hydrogen-bond acceptors (Lipinski definition) is 9. The van der Waals surface area contributed by atoms with Crippen LogP contribution in [0, 0.1) is 0 Å². The molecule has 4 rings (SSSR count). The summed E-state index contributed by atoms with van der Waals surface area (Å²) in [7, 11) is 3.89. The second-order valence-electron chi connectivity index (χ2n) is 7.43. The molecule has 0 bridgehead atoms. The average Bonchev–Trinajstić information content (AvgIpc) is 3.04. The van der Waals surface area contributed by atoms with Gasteiger partial charge in [-0.2, -0.15) is 15.0 Å². The fourth-order valence-electron chi connectivity index (χ4n) is 3.47. The minimum absolute atomic E-state index is 0.577. The molecule has 2 aromatic rings. The van der Waals surface area contributed by atoms with Crippen LogP contribution in [-0.4, -0.2) is 78.6 Å². The van der Waals surface area contributed by atoms with Gasteiger partial charge in [-0.15, -0.1) is 10.2 Å². The lowest BCUT2D eigenvalue weighted by molar-refractivity contribution is 0.122. The van der Waals surface area contributed by atoms with Crippen molar-refractivity contribution in [1.29, 1.82) is 0 Å². The molecule has 2 aliphatic rings. The molecule has 0 amide bonds. The van der Waals surface area contributed by atoms with E-state index in [1.807, 2.05) is 31.1 Å². The Hall–Kier alpha value is -2.55. The molecule has 0 saturated carbocycles. The first-order valence-electron chi connectivity index (χ1n) is 10.1. The first-order chi connectivity index (χ1) is 13.7. The van der Waals surface area contributed by atoms with Crippen molar-refractivity contribution in [2.24, 2.45) is 0 Å². The van der Waals surface area contributed by atoms with Crippen molar-refractivity contribution in [3.63, 3.8) is 0 Å². The van der Waals surface area contributed by atoms with E-state index in [4.69, 9.17) is 19.7 Å². The summed E-state index contributed by atoms with van der Waals surface area (Å²) < 4.78 is 5.48. The van der Waals surface area contributed by atoms with Crippen molar-refractivity contribution in [1.82, 2.24) is 25.1 Å². The Bertz CT molecular complexity index is 768. The fourth-order valence-corrected chi connectivity index (χ4v) is 3.47. The number of morpholine rings is 1. The van der Waals surface area contributed by atoms with Gasteiger partial charge in [0, 0.05) is 40.3 Å². The highest BCUT2D eigenvalue weighted by Gasteiger charge is 2.21. The van der Waals surface area contributed by atoms with Crippen LogP contribution in [0.5, 0.6) is 0 Å². The Morgan fingerprint density at radius 1 is 0.786 bits per heavy atom. The van der Waals surface area contributed by atoms with Gasteiger partial charge >= 0.3 is 0 Å². The van der Waals surface area contributed by atoms with Gasteiger partial charge in [-0.3, -0.25) is 0 Å². The van der Waals surface area contributed by atoms with E-state index < -0.39 is 0 Å². The number of ether oxygens (including phenoxy) is 1. The number of rotatable bonds is 4. The van der Waals surface area contributed by atoms with Gasteiger partial charge < -0.3 is 19.4 Å². The molecule has 0 unspecified atom stereocenters. The van der Waals surface area contributed by atoms with E-state index in [0.29, 0.717) is 30.7 Å².